The molecule has 1 aliphatic carbocycles. The van der Waals surface area contributed by atoms with Crippen LogP contribution >= 0.6 is 0 Å². The second-order valence-electron chi connectivity index (χ2n) is 5.01. The minimum Gasteiger partial charge on any atom is -0.374 e. The first-order chi connectivity index (χ1) is 5.64. The summed E-state index contributed by atoms with van der Waals surface area (Å²) < 4.78 is 6.00. The van der Waals surface area contributed by atoms with Crippen molar-refractivity contribution in [2.75, 3.05) is 6.61 Å². The van der Waals surface area contributed by atoms with Crippen LogP contribution in [0.3, 0.4) is 0 Å². The molecule has 0 unspecified atom stereocenters. The summed E-state index contributed by atoms with van der Waals surface area (Å²) in [5.74, 6) is 2.47. The predicted octanol–water partition coefficient (Wildman–Crippen LogP) is 2.85. The van der Waals surface area contributed by atoms with Crippen LogP contribution in [0.25, 0.3) is 0 Å². The Labute approximate surface area is 75.5 Å². The van der Waals surface area contributed by atoms with Gasteiger partial charge in [0.1, 0.15) is 0 Å². The van der Waals surface area contributed by atoms with E-state index in [1.54, 1.807) is 0 Å². The third kappa shape index (κ3) is 1.10. The summed E-state index contributed by atoms with van der Waals surface area (Å²) in [6, 6.07) is 0. The molecular formula is C11H20O. The molecule has 0 aromatic rings. The van der Waals surface area contributed by atoms with Gasteiger partial charge < -0.3 is 4.74 Å². The summed E-state index contributed by atoms with van der Waals surface area (Å²) in [7, 11) is 0. The molecule has 1 heterocycles. The van der Waals surface area contributed by atoms with Crippen molar-refractivity contribution in [3.63, 3.8) is 0 Å². The van der Waals surface area contributed by atoms with E-state index in [0.717, 1.165) is 18.4 Å². The molecule has 1 saturated heterocycles. The van der Waals surface area contributed by atoms with E-state index in [1.807, 2.05) is 0 Å². The molecule has 2 rings (SSSR count). The summed E-state index contributed by atoms with van der Waals surface area (Å²) >= 11 is 0. The third-order valence-corrected chi connectivity index (χ3v) is 4.07. The Balaban J connectivity index is 2.13. The van der Waals surface area contributed by atoms with Gasteiger partial charge in [0.05, 0.1) is 12.2 Å². The summed E-state index contributed by atoms with van der Waals surface area (Å²) in [5, 5.41) is 0. The Morgan fingerprint density at radius 3 is 2.83 bits per heavy atom. The highest BCUT2D eigenvalue weighted by molar-refractivity contribution is 4.97. The molecule has 70 valence electrons. The van der Waals surface area contributed by atoms with Crippen LogP contribution in [0.5, 0.6) is 0 Å². The van der Waals surface area contributed by atoms with Crippen LogP contribution in [-0.4, -0.2) is 12.2 Å². The molecule has 0 spiro atoms. The molecule has 1 aliphatic heterocycles. The van der Waals surface area contributed by atoms with Crippen molar-refractivity contribution in [1.82, 2.24) is 0 Å². The molecule has 0 aromatic carbocycles. The maximum atomic E-state index is 6.00. The van der Waals surface area contributed by atoms with E-state index < -0.39 is 0 Å². The van der Waals surface area contributed by atoms with Gasteiger partial charge in [-0.15, -0.1) is 0 Å². The standard InChI is InChI=1S/C11H20O/c1-8(2)11-5-4-9(3)10(6-11)7-12-11/h8-10H,4-7H2,1-3H3/t9-,10+,11-/m1/s1. The quantitative estimate of drug-likeness (QED) is 0.585. The number of rotatable bonds is 1. The summed E-state index contributed by atoms with van der Waals surface area (Å²) in [6.07, 6.45) is 4.00. The minimum absolute atomic E-state index is 0.275. The highest BCUT2D eigenvalue weighted by Gasteiger charge is 2.47. The molecule has 1 heteroatoms. The Bertz CT molecular complexity index is 176. The van der Waals surface area contributed by atoms with Crippen LogP contribution in [0.2, 0.25) is 0 Å². The van der Waals surface area contributed by atoms with Crippen LogP contribution in [0.4, 0.5) is 0 Å². The largest absolute Gasteiger partial charge is 0.374 e. The molecule has 0 N–H and O–H groups in total. The number of fused-ring (bicyclic) bond motifs is 2. The van der Waals surface area contributed by atoms with Crippen LogP contribution in [-0.2, 0) is 4.74 Å². The zero-order valence-electron chi connectivity index (χ0n) is 8.47. The highest BCUT2D eigenvalue weighted by atomic mass is 16.5. The molecule has 2 aliphatic rings. The topological polar surface area (TPSA) is 9.23 Å². The number of hydrogen-bond acceptors (Lipinski definition) is 1. The van der Waals surface area contributed by atoms with Gasteiger partial charge in [-0.2, -0.15) is 0 Å². The van der Waals surface area contributed by atoms with E-state index >= 15 is 0 Å². The summed E-state index contributed by atoms with van der Waals surface area (Å²) in [6.45, 7) is 8.01. The van der Waals surface area contributed by atoms with E-state index in [4.69, 9.17) is 4.74 Å². The monoisotopic (exact) mass is 168 g/mol. The fourth-order valence-electron chi connectivity index (χ4n) is 2.77. The van der Waals surface area contributed by atoms with Gasteiger partial charge >= 0.3 is 0 Å². The molecule has 1 nitrogen and oxygen atoms in total. The second kappa shape index (κ2) is 2.73. The SMILES string of the molecule is CC(C)[C@]12CC[C@@H](C)[C@H](CO1)C2. The summed E-state index contributed by atoms with van der Waals surface area (Å²) in [4.78, 5) is 0. The molecule has 1 saturated carbocycles. The molecule has 12 heavy (non-hydrogen) atoms. The molecule has 0 aromatic heterocycles. The van der Waals surface area contributed by atoms with Crippen LogP contribution < -0.4 is 0 Å². The molecule has 2 bridgehead atoms. The van der Waals surface area contributed by atoms with Crippen LogP contribution in [0, 0.1) is 17.8 Å². The van der Waals surface area contributed by atoms with Crippen LogP contribution in [0.1, 0.15) is 40.0 Å². The van der Waals surface area contributed by atoms with E-state index in [0.29, 0.717) is 5.92 Å². The lowest BCUT2D eigenvalue weighted by Crippen LogP contribution is -2.37. The maximum Gasteiger partial charge on any atom is 0.0709 e. The third-order valence-electron chi connectivity index (χ3n) is 4.07. The Hall–Kier alpha value is -0.0400. The van der Waals surface area contributed by atoms with Gasteiger partial charge in [-0.1, -0.05) is 20.8 Å². The average Bonchev–Trinajstić information content (AvgIpc) is 2.40. The zero-order valence-corrected chi connectivity index (χ0v) is 8.47. The van der Waals surface area contributed by atoms with Crippen molar-refractivity contribution in [3.05, 3.63) is 0 Å². The first-order valence-electron chi connectivity index (χ1n) is 5.28. The fourth-order valence-corrected chi connectivity index (χ4v) is 2.77. The molecule has 0 amide bonds. The van der Waals surface area contributed by atoms with E-state index in [-0.39, 0.29) is 5.60 Å². The summed E-state index contributed by atoms with van der Waals surface area (Å²) in [5.41, 5.74) is 0.275. The van der Waals surface area contributed by atoms with E-state index in [1.165, 1.54) is 19.3 Å². The van der Waals surface area contributed by atoms with Gasteiger partial charge in [0.2, 0.25) is 0 Å². The van der Waals surface area contributed by atoms with Gasteiger partial charge in [-0.25, -0.2) is 0 Å². The molecular weight excluding hydrogens is 148 g/mol. The lowest BCUT2D eigenvalue weighted by Gasteiger charge is -2.37. The lowest BCUT2D eigenvalue weighted by molar-refractivity contribution is -0.0406. The number of hydrogen-bond donors (Lipinski definition) is 0. The van der Waals surface area contributed by atoms with Crippen molar-refractivity contribution in [2.24, 2.45) is 17.8 Å². The van der Waals surface area contributed by atoms with Crippen molar-refractivity contribution in [3.8, 4) is 0 Å². The molecule has 2 fully saturated rings. The smallest absolute Gasteiger partial charge is 0.0709 e. The van der Waals surface area contributed by atoms with E-state index in [9.17, 15) is 0 Å². The zero-order chi connectivity index (χ0) is 8.77. The van der Waals surface area contributed by atoms with Gasteiger partial charge in [0.15, 0.2) is 0 Å². The average molecular weight is 168 g/mol. The normalized spacial score (nSPS) is 47.0. The Kier molecular flexibility index (Phi) is 1.95. The first-order valence-corrected chi connectivity index (χ1v) is 5.28. The first kappa shape index (κ1) is 8.55. The minimum atomic E-state index is 0.275. The van der Waals surface area contributed by atoms with Gasteiger partial charge in [0.25, 0.3) is 0 Å². The predicted molar refractivity (Wildman–Crippen MR) is 50.0 cm³/mol. The van der Waals surface area contributed by atoms with Gasteiger partial charge in [-0.3, -0.25) is 0 Å². The van der Waals surface area contributed by atoms with Crippen LogP contribution in [0.15, 0.2) is 0 Å². The molecule has 3 atom stereocenters. The van der Waals surface area contributed by atoms with Gasteiger partial charge in [0, 0.05) is 0 Å². The fraction of sp³-hybridized carbons (Fsp3) is 1.00. The number of ether oxygens (including phenoxy) is 1. The van der Waals surface area contributed by atoms with Crippen molar-refractivity contribution in [1.29, 1.82) is 0 Å². The second-order valence-corrected chi connectivity index (χ2v) is 5.01. The maximum absolute atomic E-state index is 6.00. The van der Waals surface area contributed by atoms with Crippen molar-refractivity contribution in [2.45, 2.75) is 45.6 Å². The lowest BCUT2D eigenvalue weighted by atomic mass is 9.71. The Morgan fingerprint density at radius 2 is 2.17 bits per heavy atom. The van der Waals surface area contributed by atoms with E-state index in [2.05, 4.69) is 20.8 Å². The highest BCUT2D eigenvalue weighted by Crippen LogP contribution is 2.48. The van der Waals surface area contributed by atoms with Gasteiger partial charge in [-0.05, 0) is 37.0 Å². The molecule has 0 radical (unpaired) electrons. The van der Waals surface area contributed by atoms with Crippen molar-refractivity contribution < 1.29 is 4.74 Å². The Morgan fingerprint density at radius 1 is 1.42 bits per heavy atom. The van der Waals surface area contributed by atoms with Crippen molar-refractivity contribution >= 4 is 0 Å².